The van der Waals surface area contributed by atoms with Crippen LogP contribution in [0.3, 0.4) is 0 Å². The summed E-state index contributed by atoms with van der Waals surface area (Å²) in [6.07, 6.45) is 5.76. The Morgan fingerprint density at radius 1 is 1.21 bits per heavy atom. The largest absolute Gasteiger partial charge is 0.368 e. The Hall–Kier alpha value is -0.590. The zero-order valence-corrected chi connectivity index (χ0v) is 11.9. The average Bonchev–Trinajstić information content (AvgIpc) is 2.83. The van der Waals surface area contributed by atoms with E-state index in [9.17, 15) is 0 Å². The normalized spacial score (nSPS) is 33.0. The molecule has 3 rings (SSSR count). The Labute approximate surface area is 117 Å². The summed E-state index contributed by atoms with van der Waals surface area (Å²) in [4.78, 5) is 4.55. The van der Waals surface area contributed by atoms with Crippen LogP contribution in [0.2, 0.25) is 0 Å². The number of nitrogens with zero attached hydrogens (tertiary/aromatic N) is 2. The van der Waals surface area contributed by atoms with Gasteiger partial charge in [-0.2, -0.15) is 16.7 Å². The van der Waals surface area contributed by atoms with Crippen LogP contribution in [0.4, 0.5) is 0 Å². The lowest BCUT2D eigenvalue weighted by Gasteiger charge is -2.19. The monoisotopic (exact) mass is 283 g/mol. The van der Waals surface area contributed by atoms with E-state index in [1.54, 1.807) is 0 Å². The van der Waals surface area contributed by atoms with E-state index in [0.29, 0.717) is 11.7 Å². The lowest BCUT2D eigenvalue weighted by molar-refractivity contribution is 0.0677. The van der Waals surface area contributed by atoms with Crippen LogP contribution in [0.15, 0.2) is 4.52 Å². The molecule has 0 radical (unpaired) electrons. The van der Waals surface area contributed by atoms with Crippen LogP contribution in [-0.2, 0) is 4.74 Å². The fourth-order valence-electron chi connectivity index (χ4n) is 2.81. The summed E-state index contributed by atoms with van der Waals surface area (Å²) in [5.41, 5.74) is 6.24. The van der Waals surface area contributed by atoms with E-state index in [1.165, 1.54) is 19.3 Å². The molecule has 106 valence electrons. The van der Waals surface area contributed by atoms with Crippen molar-refractivity contribution in [2.45, 2.75) is 50.2 Å². The Bertz CT molecular complexity index is 406. The minimum absolute atomic E-state index is 0.0155. The Morgan fingerprint density at radius 3 is 2.95 bits per heavy atom. The molecule has 1 aromatic rings. The first kappa shape index (κ1) is 13.4. The smallest absolute Gasteiger partial charge is 0.231 e. The summed E-state index contributed by atoms with van der Waals surface area (Å²) in [7, 11) is 0. The maximum atomic E-state index is 6.24. The Morgan fingerprint density at radius 2 is 2.11 bits per heavy atom. The van der Waals surface area contributed by atoms with Crippen molar-refractivity contribution in [2.24, 2.45) is 5.73 Å². The lowest BCUT2D eigenvalue weighted by Crippen LogP contribution is -2.27. The van der Waals surface area contributed by atoms with Crippen LogP contribution in [0.5, 0.6) is 0 Å². The average molecular weight is 283 g/mol. The molecule has 1 aromatic heterocycles. The van der Waals surface area contributed by atoms with Gasteiger partial charge in [0.15, 0.2) is 0 Å². The van der Waals surface area contributed by atoms with Gasteiger partial charge in [-0.1, -0.05) is 24.4 Å². The second kappa shape index (κ2) is 6.24. The second-order valence-electron chi connectivity index (χ2n) is 5.33. The van der Waals surface area contributed by atoms with Crippen molar-refractivity contribution in [1.29, 1.82) is 0 Å². The van der Waals surface area contributed by atoms with E-state index in [4.69, 9.17) is 15.0 Å². The molecule has 19 heavy (non-hydrogen) atoms. The van der Waals surface area contributed by atoms with Gasteiger partial charge in [-0.05, 0) is 12.8 Å². The Balaban J connectivity index is 1.72. The van der Waals surface area contributed by atoms with E-state index in [-0.39, 0.29) is 18.1 Å². The first-order chi connectivity index (χ1) is 9.34. The quantitative estimate of drug-likeness (QED) is 0.839. The number of ether oxygens (including phenoxy) is 1. The zero-order valence-electron chi connectivity index (χ0n) is 11.1. The minimum atomic E-state index is -0.0155. The summed E-state index contributed by atoms with van der Waals surface area (Å²) >= 11 is 1.88. The van der Waals surface area contributed by atoms with Crippen molar-refractivity contribution in [1.82, 2.24) is 10.1 Å². The highest BCUT2D eigenvalue weighted by Gasteiger charge is 2.29. The predicted molar refractivity (Wildman–Crippen MR) is 74.1 cm³/mol. The standard InChI is InChI=1S/C13H21N3O2S/c14-10-5-3-1-2-4-9(10)13-15-12(16-18-13)11-8-19-7-6-17-11/h9-11H,1-8,14H2. The number of rotatable bonds is 2. The molecule has 1 saturated carbocycles. The summed E-state index contributed by atoms with van der Waals surface area (Å²) in [6.45, 7) is 0.766. The van der Waals surface area contributed by atoms with E-state index in [0.717, 1.165) is 31.0 Å². The van der Waals surface area contributed by atoms with Crippen LogP contribution < -0.4 is 5.73 Å². The molecular formula is C13H21N3O2S. The summed E-state index contributed by atoms with van der Waals surface area (Å²) in [6, 6.07) is 0.150. The number of hydrogen-bond acceptors (Lipinski definition) is 6. The number of aromatic nitrogens is 2. The molecular weight excluding hydrogens is 262 g/mol. The fourth-order valence-corrected chi connectivity index (χ4v) is 3.65. The van der Waals surface area contributed by atoms with Crippen LogP contribution in [0.25, 0.3) is 0 Å². The molecule has 0 bridgehead atoms. The molecule has 0 aromatic carbocycles. The molecule has 1 saturated heterocycles. The first-order valence-electron chi connectivity index (χ1n) is 7.13. The maximum Gasteiger partial charge on any atom is 0.231 e. The summed E-state index contributed by atoms with van der Waals surface area (Å²) in [5.74, 6) is 3.59. The van der Waals surface area contributed by atoms with E-state index < -0.39 is 0 Å². The van der Waals surface area contributed by atoms with Crippen LogP contribution >= 0.6 is 11.8 Å². The van der Waals surface area contributed by atoms with Crippen molar-refractivity contribution in [2.75, 3.05) is 18.1 Å². The molecule has 3 atom stereocenters. The molecule has 2 N–H and O–H groups in total. The molecule has 0 amide bonds. The second-order valence-corrected chi connectivity index (χ2v) is 6.48. The van der Waals surface area contributed by atoms with Gasteiger partial charge >= 0.3 is 0 Å². The van der Waals surface area contributed by atoms with Crippen LogP contribution in [0, 0.1) is 0 Å². The molecule has 5 nitrogen and oxygen atoms in total. The highest BCUT2D eigenvalue weighted by atomic mass is 32.2. The third-order valence-electron chi connectivity index (χ3n) is 3.95. The van der Waals surface area contributed by atoms with Crippen molar-refractivity contribution in [3.8, 4) is 0 Å². The van der Waals surface area contributed by atoms with Crippen molar-refractivity contribution >= 4 is 11.8 Å². The molecule has 0 spiro atoms. The fraction of sp³-hybridized carbons (Fsp3) is 0.846. The first-order valence-corrected chi connectivity index (χ1v) is 8.28. The van der Waals surface area contributed by atoms with Gasteiger partial charge in [0.2, 0.25) is 11.7 Å². The molecule has 6 heteroatoms. The molecule has 2 heterocycles. The van der Waals surface area contributed by atoms with Gasteiger partial charge in [-0.25, -0.2) is 0 Å². The lowest BCUT2D eigenvalue weighted by atomic mass is 9.95. The summed E-state index contributed by atoms with van der Waals surface area (Å²) in [5, 5.41) is 4.10. The number of nitrogens with two attached hydrogens (primary N) is 1. The van der Waals surface area contributed by atoms with E-state index in [1.807, 2.05) is 11.8 Å². The SMILES string of the molecule is NC1CCCCCC1c1nc(C2CSCCO2)no1. The van der Waals surface area contributed by atoms with Crippen LogP contribution in [-0.4, -0.2) is 34.3 Å². The highest BCUT2D eigenvalue weighted by molar-refractivity contribution is 7.99. The minimum Gasteiger partial charge on any atom is -0.368 e. The van der Waals surface area contributed by atoms with E-state index >= 15 is 0 Å². The van der Waals surface area contributed by atoms with Gasteiger partial charge in [-0.3, -0.25) is 0 Å². The highest BCUT2D eigenvalue weighted by Crippen LogP contribution is 2.31. The van der Waals surface area contributed by atoms with Gasteiger partial charge in [0, 0.05) is 17.5 Å². The van der Waals surface area contributed by atoms with Crippen molar-refractivity contribution in [3.63, 3.8) is 0 Å². The van der Waals surface area contributed by atoms with Gasteiger partial charge in [-0.15, -0.1) is 0 Å². The van der Waals surface area contributed by atoms with Crippen molar-refractivity contribution < 1.29 is 9.26 Å². The van der Waals surface area contributed by atoms with E-state index in [2.05, 4.69) is 10.1 Å². The van der Waals surface area contributed by atoms with Crippen molar-refractivity contribution in [3.05, 3.63) is 11.7 Å². The number of thioether (sulfide) groups is 1. The zero-order chi connectivity index (χ0) is 13.1. The summed E-state index contributed by atoms with van der Waals surface area (Å²) < 4.78 is 11.1. The third-order valence-corrected chi connectivity index (χ3v) is 4.94. The number of hydrogen-bond donors (Lipinski definition) is 1. The van der Waals surface area contributed by atoms with Gasteiger partial charge in [0.1, 0.15) is 6.10 Å². The van der Waals surface area contributed by atoms with Gasteiger partial charge in [0.05, 0.1) is 12.5 Å². The topological polar surface area (TPSA) is 74.2 Å². The maximum absolute atomic E-state index is 6.24. The molecule has 1 aliphatic heterocycles. The third kappa shape index (κ3) is 3.12. The van der Waals surface area contributed by atoms with Gasteiger partial charge in [0.25, 0.3) is 0 Å². The van der Waals surface area contributed by atoms with Crippen LogP contribution in [0.1, 0.15) is 55.8 Å². The Kier molecular flexibility index (Phi) is 4.40. The predicted octanol–water partition coefficient (Wildman–Crippen LogP) is 2.25. The molecule has 2 fully saturated rings. The molecule has 1 aliphatic carbocycles. The van der Waals surface area contributed by atoms with Gasteiger partial charge < -0.3 is 15.0 Å². The molecule has 2 aliphatic rings. The molecule has 3 unspecified atom stereocenters.